The van der Waals surface area contributed by atoms with Crippen LogP contribution in [0.1, 0.15) is 17.2 Å². The van der Waals surface area contributed by atoms with Gasteiger partial charge in [0.15, 0.2) is 9.84 Å². The number of benzene rings is 2. The van der Waals surface area contributed by atoms with Crippen LogP contribution < -0.4 is 15.4 Å². The number of carbonyl (C=O) groups is 1. The average Bonchev–Trinajstić information content (AvgIpc) is 2.91. The zero-order valence-electron chi connectivity index (χ0n) is 13.2. The van der Waals surface area contributed by atoms with Gasteiger partial charge in [-0.1, -0.05) is 36.4 Å². The van der Waals surface area contributed by atoms with E-state index in [9.17, 15) is 13.2 Å². The fourth-order valence-corrected chi connectivity index (χ4v) is 3.47. The van der Waals surface area contributed by atoms with Crippen LogP contribution in [0.5, 0.6) is 5.75 Å². The van der Waals surface area contributed by atoms with Crippen molar-refractivity contribution in [2.75, 3.05) is 18.2 Å². The van der Waals surface area contributed by atoms with Crippen molar-refractivity contribution in [3.8, 4) is 5.75 Å². The number of hydrogen-bond donors (Lipinski definition) is 2. The highest BCUT2D eigenvalue weighted by Gasteiger charge is 2.25. The van der Waals surface area contributed by atoms with Crippen molar-refractivity contribution in [1.29, 1.82) is 0 Å². The van der Waals surface area contributed by atoms with Crippen LogP contribution in [0.15, 0.2) is 48.5 Å². The van der Waals surface area contributed by atoms with Crippen LogP contribution in [0.4, 0.5) is 10.5 Å². The van der Waals surface area contributed by atoms with Crippen LogP contribution in [0.25, 0.3) is 0 Å². The van der Waals surface area contributed by atoms with E-state index in [1.165, 1.54) is 0 Å². The second-order valence-corrected chi connectivity index (χ2v) is 7.87. The third-order valence-corrected chi connectivity index (χ3v) is 4.52. The topological polar surface area (TPSA) is 84.5 Å². The van der Waals surface area contributed by atoms with E-state index >= 15 is 0 Å². The summed E-state index contributed by atoms with van der Waals surface area (Å²) in [5, 5.41) is 5.57. The fraction of sp³-hybridized carbons (Fsp3) is 0.235. The van der Waals surface area contributed by atoms with Crippen molar-refractivity contribution in [1.82, 2.24) is 5.32 Å². The van der Waals surface area contributed by atoms with Crippen LogP contribution in [-0.4, -0.2) is 27.3 Å². The number of amides is 2. The van der Waals surface area contributed by atoms with E-state index in [1.54, 1.807) is 24.3 Å². The summed E-state index contributed by atoms with van der Waals surface area (Å²) in [5.74, 6) is 0.638. The average molecular weight is 346 g/mol. The van der Waals surface area contributed by atoms with Crippen molar-refractivity contribution < 1.29 is 17.9 Å². The molecule has 0 saturated carbocycles. The fourth-order valence-electron chi connectivity index (χ4n) is 2.65. The molecule has 2 aromatic rings. The van der Waals surface area contributed by atoms with Crippen LogP contribution in [0.3, 0.4) is 0 Å². The minimum atomic E-state index is -3.19. The third kappa shape index (κ3) is 3.86. The lowest BCUT2D eigenvalue weighted by atomic mass is 10.1. The SMILES string of the molecule is CS(=O)(=O)Cc1ccccc1NC(=O)N[C@@H]1COc2ccccc21. The van der Waals surface area contributed by atoms with E-state index in [2.05, 4.69) is 10.6 Å². The molecule has 2 N–H and O–H groups in total. The number of sulfone groups is 1. The number of fused-ring (bicyclic) bond motifs is 1. The molecule has 7 heteroatoms. The Balaban J connectivity index is 1.70. The van der Waals surface area contributed by atoms with Crippen LogP contribution >= 0.6 is 0 Å². The molecule has 0 fully saturated rings. The van der Waals surface area contributed by atoms with E-state index in [-0.39, 0.29) is 11.8 Å². The van der Waals surface area contributed by atoms with Gasteiger partial charge >= 0.3 is 6.03 Å². The zero-order valence-corrected chi connectivity index (χ0v) is 14.0. The molecule has 0 aromatic heterocycles. The number of ether oxygens (including phenoxy) is 1. The van der Waals surface area contributed by atoms with Crippen molar-refractivity contribution in [3.63, 3.8) is 0 Å². The molecule has 0 radical (unpaired) electrons. The van der Waals surface area contributed by atoms with Crippen molar-refractivity contribution in [2.24, 2.45) is 0 Å². The number of nitrogens with one attached hydrogen (secondary N) is 2. The normalized spacial score (nSPS) is 16.1. The lowest BCUT2D eigenvalue weighted by Crippen LogP contribution is -2.33. The lowest BCUT2D eigenvalue weighted by Gasteiger charge is -2.15. The summed E-state index contributed by atoms with van der Waals surface area (Å²) < 4.78 is 28.5. The van der Waals surface area contributed by atoms with Gasteiger partial charge in [-0.2, -0.15) is 0 Å². The predicted molar refractivity (Wildman–Crippen MR) is 91.8 cm³/mol. The summed E-state index contributed by atoms with van der Waals surface area (Å²) in [6.45, 7) is 0.373. The molecule has 3 rings (SSSR count). The van der Waals surface area contributed by atoms with Crippen LogP contribution in [0.2, 0.25) is 0 Å². The molecule has 6 nitrogen and oxygen atoms in total. The molecule has 1 aliphatic heterocycles. The standard InChI is InChI=1S/C17H18N2O4S/c1-24(21,22)11-12-6-2-4-8-14(12)18-17(20)19-15-10-23-16-9-5-3-7-13(15)16/h2-9,15H,10-11H2,1H3,(H2,18,19,20)/t15-/m1/s1. The summed E-state index contributed by atoms with van der Waals surface area (Å²) >= 11 is 0. The number of carbonyl (C=O) groups excluding carboxylic acids is 1. The first kappa shape index (κ1) is 16.3. The van der Waals surface area contributed by atoms with Crippen molar-refractivity contribution >= 4 is 21.6 Å². The van der Waals surface area contributed by atoms with Gasteiger partial charge in [-0.15, -0.1) is 0 Å². The molecule has 0 bridgehead atoms. The van der Waals surface area contributed by atoms with E-state index in [0.717, 1.165) is 17.6 Å². The Morgan fingerprint density at radius 1 is 1.17 bits per heavy atom. The number of hydrogen-bond acceptors (Lipinski definition) is 4. The number of rotatable bonds is 4. The maximum Gasteiger partial charge on any atom is 0.319 e. The zero-order chi connectivity index (χ0) is 17.2. The van der Waals surface area contributed by atoms with Crippen molar-refractivity contribution in [2.45, 2.75) is 11.8 Å². The molecule has 1 aliphatic rings. The highest BCUT2D eigenvalue weighted by Crippen LogP contribution is 2.31. The van der Waals surface area contributed by atoms with Gasteiger partial charge in [-0.05, 0) is 17.7 Å². The second-order valence-electron chi connectivity index (χ2n) is 5.73. The summed E-state index contributed by atoms with van der Waals surface area (Å²) in [4.78, 5) is 12.3. The molecule has 0 aliphatic carbocycles. The maximum absolute atomic E-state index is 12.3. The smallest absolute Gasteiger partial charge is 0.319 e. The minimum Gasteiger partial charge on any atom is -0.491 e. The highest BCUT2D eigenvalue weighted by atomic mass is 32.2. The Kier molecular flexibility index (Phi) is 4.44. The Hall–Kier alpha value is -2.54. The van der Waals surface area contributed by atoms with Gasteiger partial charge in [0.05, 0.1) is 11.8 Å². The first-order valence-electron chi connectivity index (χ1n) is 7.47. The molecule has 126 valence electrons. The monoisotopic (exact) mass is 346 g/mol. The molecular formula is C17H18N2O4S. The number of anilines is 1. The largest absolute Gasteiger partial charge is 0.491 e. The van der Waals surface area contributed by atoms with E-state index in [1.807, 2.05) is 24.3 Å². The number of para-hydroxylation sites is 2. The van der Waals surface area contributed by atoms with Gasteiger partial charge in [-0.25, -0.2) is 13.2 Å². The van der Waals surface area contributed by atoms with Gasteiger partial charge in [-0.3, -0.25) is 0 Å². The Labute approximate surface area is 140 Å². The van der Waals surface area contributed by atoms with Crippen LogP contribution in [0, 0.1) is 0 Å². The van der Waals surface area contributed by atoms with Gasteiger partial charge in [0.25, 0.3) is 0 Å². The molecule has 1 heterocycles. The summed E-state index contributed by atoms with van der Waals surface area (Å²) in [6.07, 6.45) is 1.16. The highest BCUT2D eigenvalue weighted by molar-refractivity contribution is 7.89. The molecule has 24 heavy (non-hydrogen) atoms. The molecule has 0 spiro atoms. The maximum atomic E-state index is 12.3. The first-order valence-corrected chi connectivity index (χ1v) is 9.53. The van der Waals surface area contributed by atoms with Crippen LogP contribution in [-0.2, 0) is 15.6 Å². The summed E-state index contributed by atoms with van der Waals surface area (Å²) in [7, 11) is -3.19. The first-order chi connectivity index (χ1) is 11.4. The van der Waals surface area contributed by atoms with Gasteiger partial charge < -0.3 is 15.4 Å². The molecule has 2 amide bonds. The predicted octanol–water partition coefficient (Wildman–Crippen LogP) is 2.49. The van der Waals surface area contributed by atoms with E-state index in [0.29, 0.717) is 17.9 Å². The molecule has 0 saturated heterocycles. The number of urea groups is 1. The molecule has 1 atom stereocenters. The minimum absolute atomic E-state index is 0.126. The summed E-state index contributed by atoms with van der Waals surface area (Å²) in [5.41, 5.74) is 1.96. The molecule has 2 aromatic carbocycles. The summed E-state index contributed by atoms with van der Waals surface area (Å²) in [6, 6.07) is 13.7. The Morgan fingerprint density at radius 3 is 2.67 bits per heavy atom. The third-order valence-electron chi connectivity index (χ3n) is 3.69. The van der Waals surface area contributed by atoms with Crippen molar-refractivity contribution in [3.05, 3.63) is 59.7 Å². The Morgan fingerprint density at radius 2 is 1.88 bits per heavy atom. The van der Waals surface area contributed by atoms with E-state index in [4.69, 9.17) is 4.74 Å². The van der Waals surface area contributed by atoms with Gasteiger partial charge in [0.1, 0.15) is 12.4 Å². The van der Waals surface area contributed by atoms with Gasteiger partial charge in [0.2, 0.25) is 0 Å². The van der Waals surface area contributed by atoms with Gasteiger partial charge in [0, 0.05) is 17.5 Å². The molecule has 0 unspecified atom stereocenters. The quantitative estimate of drug-likeness (QED) is 0.891. The Bertz CT molecular complexity index is 864. The molecular weight excluding hydrogens is 328 g/mol. The van der Waals surface area contributed by atoms with E-state index < -0.39 is 15.9 Å². The second kappa shape index (κ2) is 6.52. The lowest BCUT2D eigenvalue weighted by molar-refractivity contribution is 0.243.